The number of amides is 2. The lowest BCUT2D eigenvalue weighted by molar-refractivity contribution is -0.309. The Morgan fingerprint density at radius 1 is 0.958 bits per heavy atom. The highest BCUT2D eigenvalue weighted by atomic mass is 16.5. The molecule has 0 radical (unpaired) electrons. The highest BCUT2D eigenvalue weighted by Crippen LogP contribution is 2.22. The molecule has 0 aliphatic carbocycles. The summed E-state index contributed by atoms with van der Waals surface area (Å²) in [5.41, 5.74) is 0.522. The maximum Gasteiger partial charge on any atom is 0.319 e. The summed E-state index contributed by atoms with van der Waals surface area (Å²) in [6, 6.07) is 14.4. The van der Waals surface area contributed by atoms with Gasteiger partial charge >= 0.3 is 6.03 Å². The van der Waals surface area contributed by atoms with Crippen molar-refractivity contribution in [3.8, 4) is 11.5 Å². The molecule has 0 aromatic heterocycles. The molecule has 2 aromatic rings. The fourth-order valence-electron chi connectivity index (χ4n) is 2.04. The molecule has 0 heterocycles. The first-order chi connectivity index (χ1) is 11.5. The molecule has 0 unspecified atom stereocenters. The molecule has 0 saturated heterocycles. The van der Waals surface area contributed by atoms with Crippen molar-refractivity contribution in [2.24, 2.45) is 5.92 Å². The van der Waals surface area contributed by atoms with Crippen molar-refractivity contribution >= 4 is 17.7 Å². The highest BCUT2D eigenvalue weighted by Gasteiger charge is 2.17. The molecule has 0 fully saturated rings. The molecule has 24 heavy (non-hydrogen) atoms. The average Bonchev–Trinajstić information content (AvgIpc) is 2.55. The number of carbonyl (C=O) groups is 2. The molecule has 1 atom stereocenters. The molecular weight excluding hydrogens is 308 g/mol. The van der Waals surface area contributed by atoms with Gasteiger partial charge in [-0.05, 0) is 42.3 Å². The summed E-state index contributed by atoms with van der Waals surface area (Å²) in [4.78, 5) is 22.8. The Kier molecular flexibility index (Phi) is 5.78. The molecular formula is C18H19N2O4-. The third kappa shape index (κ3) is 5.01. The number of hydrogen-bond donors (Lipinski definition) is 2. The second kappa shape index (κ2) is 8.01. The van der Waals surface area contributed by atoms with Gasteiger partial charge in [-0.1, -0.05) is 32.0 Å². The third-order valence-corrected chi connectivity index (χ3v) is 3.30. The maximum atomic E-state index is 11.9. The number of carboxylic acids is 1. The lowest BCUT2D eigenvalue weighted by Gasteiger charge is -2.23. The quantitative estimate of drug-likeness (QED) is 0.852. The van der Waals surface area contributed by atoms with Crippen molar-refractivity contribution < 1.29 is 19.4 Å². The van der Waals surface area contributed by atoms with Crippen molar-refractivity contribution in [2.45, 2.75) is 19.9 Å². The van der Waals surface area contributed by atoms with Crippen LogP contribution in [-0.4, -0.2) is 18.0 Å². The normalized spacial score (nSPS) is 11.6. The third-order valence-electron chi connectivity index (χ3n) is 3.30. The summed E-state index contributed by atoms with van der Waals surface area (Å²) in [7, 11) is 0. The molecule has 0 aliphatic rings. The lowest BCUT2D eigenvalue weighted by Crippen LogP contribution is -2.51. The summed E-state index contributed by atoms with van der Waals surface area (Å²) in [6.07, 6.45) is 0. The number of carbonyl (C=O) groups excluding carboxylic acids is 2. The van der Waals surface area contributed by atoms with Crippen LogP contribution in [0.5, 0.6) is 11.5 Å². The molecule has 2 aromatic carbocycles. The van der Waals surface area contributed by atoms with Gasteiger partial charge in [0.15, 0.2) is 0 Å². The number of para-hydroxylation sites is 1. The van der Waals surface area contributed by atoms with Crippen LogP contribution in [0.25, 0.3) is 0 Å². The minimum Gasteiger partial charge on any atom is -0.548 e. The van der Waals surface area contributed by atoms with E-state index in [1.807, 2.05) is 30.3 Å². The lowest BCUT2D eigenvalue weighted by atomic mass is 10.1. The van der Waals surface area contributed by atoms with Crippen molar-refractivity contribution in [1.29, 1.82) is 0 Å². The Balaban J connectivity index is 1.93. The zero-order valence-electron chi connectivity index (χ0n) is 13.5. The first-order valence-corrected chi connectivity index (χ1v) is 7.57. The predicted octanol–water partition coefficient (Wildman–Crippen LogP) is 2.37. The van der Waals surface area contributed by atoms with E-state index in [4.69, 9.17) is 4.74 Å². The summed E-state index contributed by atoms with van der Waals surface area (Å²) >= 11 is 0. The van der Waals surface area contributed by atoms with E-state index >= 15 is 0 Å². The zero-order chi connectivity index (χ0) is 17.5. The molecule has 6 heteroatoms. The van der Waals surface area contributed by atoms with Crippen LogP contribution in [0.3, 0.4) is 0 Å². The van der Waals surface area contributed by atoms with E-state index in [1.165, 1.54) is 0 Å². The first-order valence-electron chi connectivity index (χ1n) is 7.57. The molecule has 2 amide bonds. The highest BCUT2D eigenvalue weighted by molar-refractivity contribution is 5.92. The topological polar surface area (TPSA) is 90.5 Å². The standard InChI is InChI=1S/C18H20N2O4/c1-12(2)16(17(21)22)20-18(23)19-13-8-10-15(11-9-13)24-14-6-4-3-5-7-14/h3-12,16H,1-2H3,(H,21,22)(H2,19,20,23)/p-1/t16-/m0/s1. The Bertz CT molecular complexity index is 684. The Morgan fingerprint density at radius 3 is 2.08 bits per heavy atom. The van der Waals surface area contributed by atoms with E-state index in [1.54, 1.807) is 38.1 Å². The fourth-order valence-corrected chi connectivity index (χ4v) is 2.04. The number of rotatable bonds is 6. The van der Waals surface area contributed by atoms with Gasteiger partial charge in [-0.15, -0.1) is 0 Å². The van der Waals surface area contributed by atoms with Crippen LogP contribution < -0.4 is 20.5 Å². The number of urea groups is 1. The molecule has 2 N–H and O–H groups in total. The molecule has 2 rings (SSSR count). The second-order valence-electron chi connectivity index (χ2n) is 5.58. The number of anilines is 1. The van der Waals surface area contributed by atoms with E-state index in [0.717, 1.165) is 0 Å². The van der Waals surface area contributed by atoms with Crippen LogP contribution in [0.4, 0.5) is 10.5 Å². The van der Waals surface area contributed by atoms with Crippen molar-refractivity contribution in [1.82, 2.24) is 5.32 Å². The number of nitrogens with one attached hydrogen (secondary N) is 2. The monoisotopic (exact) mass is 327 g/mol. The van der Waals surface area contributed by atoms with Crippen molar-refractivity contribution in [2.75, 3.05) is 5.32 Å². The van der Waals surface area contributed by atoms with Gasteiger partial charge in [0.1, 0.15) is 11.5 Å². The van der Waals surface area contributed by atoms with E-state index < -0.39 is 18.0 Å². The minimum atomic E-state index is -1.31. The molecule has 0 saturated carbocycles. The Morgan fingerprint density at radius 2 is 1.54 bits per heavy atom. The van der Waals surface area contributed by atoms with Gasteiger partial charge in [0.25, 0.3) is 0 Å². The summed E-state index contributed by atoms with van der Waals surface area (Å²) in [5.74, 6) is -0.249. The summed E-state index contributed by atoms with van der Waals surface area (Å²) < 4.78 is 5.65. The van der Waals surface area contributed by atoms with Crippen LogP contribution in [0.1, 0.15) is 13.8 Å². The van der Waals surface area contributed by atoms with E-state index in [0.29, 0.717) is 17.2 Å². The number of aliphatic carboxylic acids is 1. The zero-order valence-corrected chi connectivity index (χ0v) is 13.5. The van der Waals surface area contributed by atoms with Gasteiger partial charge in [-0.3, -0.25) is 0 Å². The van der Waals surface area contributed by atoms with Crippen LogP contribution in [0, 0.1) is 5.92 Å². The SMILES string of the molecule is CC(C)[C@H](NC(=O)Nc1ccc(Oc2ccccc2)cc1)C(=O)[O-]. The van der Waals surface area contributed by atoms with E-state index in [9.17, 15) is 14.7 Å². The van der Waals surface area contributed by atoms with Gasteiger partial charge < -0.3 is 25.3 Å². The molecule has 0 aliphatic heterocycles. The van der Waals surface area contributed by atoms with Gasteiger partial charge in [0.2, 0.25) is 0 Å². The summed E-state index contributed by atoms with van der Waals surface area (Å²) in [5, 5.41) is 15.9. The van der Waals surface area contributed by atoms with E-state index in [-0.39, 0.29) is 5.92 Å². The second-order valence-corrected chi connectivity index (χ2v) is 5.58. The summed E-state index contributed by atoms with van der Waals surface area (Å²) in [6.45, 7) is 3.38. The largest absolute Gasteiger partial charge is 0.548 e. The van der Waals surface area contributed by atoms with Crippen LogP contribution in [0.2, 0.25) is 0 Å². The van der Waals surface area contributed by atoms with E-state index in [2.05, 4.69) is 10.6 Å². The molecule has 6 nitrogen and oxygen atoms in total. The van der Waals surface area contributed by atoms with Gasteiger partial charge in [-0.2, -0.15) is 0 Å². The van der Waals surface area contributed by atoms with Gasteiger partial charge in [0, 0.05) is 5.69 Å². The van der Waals surface area contributed by atoms with Gasteiger partial charge in [0.05, 0.1) is 12.0 Å². The molecule has 0 bridgehead atoms. The first kappa shape index (κ1) is 17.3. The Hall–Kier alpha value is -3.02. The molecule has 0 spiro atoms. The van der Waals surface area contributed by atoms with Crippen LogP contribution in [-0.2, 0) is 4.79 Å². The number of ether oxygens (including phenoxy) is 1. The smallest absolute Gasteiger partial charge is 0.319 e. The number of carboxylic acid groups (broad SMARTS) is 1. The predicted molar refractivity (Wildman–Crippen MR) is 88.7 cm³/mol. The number of hydrogen-bond acceptors (Lipinski definition) is 4. The average molecular weight is 327 g/mol. The minimum absolute atomic E-state index is 0.276. The van der Waals surface area contributed by atoms with Gasteiger partial charge in [-0.25, -0.2) is 4.79 Å². The maximum absolute atomic E-state index is 11.9. The fraction of sp³-hybridized carbons (Fsp3) is 0.222. The number of benzene rings is 2. The Labute approximate surface area is 140 Å². The van der Waals surface area contributed by atoms with Crippen LogP contribution >= 0.6 is 0 Å². The van der Waals surface area contributed by atoms with Crippen molar-refractivity contribution in [3.63, 3.8) is 0 Å². The molecule has 126 valence electrons. The van der Waals surface area contributed by atoms with Crippen LogP contribution in [0.15, 0.2) is 54.6 Å². The van der Waals surface area contributed by atoms with Crippen molar-refractivity contribution in [3.05, 3.63) is 54.6 Å².